The predicted molar refractivity (Wildman–Crippen MR) is 46.5 cm³/mol. The van der Waals surface area contributed by atoms with Crippen molar-refractivity contribution in [1.29, 1.82) is 0 Å². The number of hydrogen-bond donors (Lipinski definition) is 0. The second-order valence-corrected chi connectivity index (χ2v) is 3.85. The molecule has 0 N–H and O–H groups in total. The van der Waals surface area contributed by atoms with Crippen LogP contribution >= 0.6 is 35.1 Å². The summed E-state index contributed by atoms with van der Waals surface area (Å²) in [5.74, 6) is 0.239. The van der Waals surface area contributed by atoms with Gasteiger partial charge in [0.1, 0.15) is 4.58 Å². The molecule has 0 fully saturated rings. The average molecular weight is 185 g/mol. The molecular formula is C5H9ClOS2. The van der Waals surface area contributed by atoms with Gasteiger partial charge in [-0.05, 0) is 12.5 Å². The van der Waals surface area contributed by atoms with Crippen molar-refractivity contribution in [2.24, 2.45) is 0 Å². The summed E-state index contributed by atoms with van der Waals surface area (Å²) in [5, 5.41) is 0. The largest absolute Gasteiger partial charge is 0.296 e. The molecule has 54 valence electrons. The van der Waals surface area contributed by atoms with E-state index in [2.05, 4.69) is 0 Å². The van der Waals surface area contributed by atoms with Gasteiger partial charge in [0, 0.05) is 0 Å². The van der Waals surface area contributed by atoms with E-state index >= 15 is 0 Å². The number of Topliss-reactive ketones (excluding diaryl/α,β-unsaturated/α-hetero) is 1. The SMILES string of the molecule is CSC(SC)C(=O)CCl. The van der Waals surface area contributed by atoms with Crippen molar-refractivity contribution in [3.63, 3.8) is 0 Å². The van der Waals surface area contributed by atoms with E-state index in [9.17, 15) is 4.79 Å². The summed E-state index contributed by atoms with van der Waals surface area (Å²) < 4.78 is 0.0301. The number of alkyl halides is 1. The zero-order chi connectivity index (χ0) is 7.28. The Labute approximate surface area is 68.9 Å². The maximum Gasteiger partial charge on any atom is 0.170 e. The molecule has 0 aromatic heterocycles. The van der Waals surface area contributed by atoms with Crippen LogP contribution in [0.1, 0.15) is 0 Å². The lowest BCUT2D eigenvalue weighted by Crippen LogP contribution is -2.13. The van der Waals surface area contributed by atoms with Gasteiger partial charge < -0.3 is 0 Å². The number of hydrogen-bond acceptors (Lipinski definition) is 3. The molecule has 0 spiro atoms. The average Bonchev–Trinajstić information content (AvgIpc) is 1.90. The molecule has 4 heteroatoms. The third-order valence-electron chi connectivity index (χ3n) is 0.823. The molecule has 0 saturated carbocycles. The molecule has 0 aromatic carbocycles. The lowest BCUT2D eigenvalue weighted by Gasteiger charge is -2.05. The van der Waals surface area contributed by atoms with Crippen LogP contribution in [-0.2, 0) is 4.79 Å². The van der Waals surface area contributed by atoms with E-state index in [1.807, 2.05) is 12.5 Å². The highest BCUT2D eigenvalue weighted by molar-refractivity contribution is 8.17. The van der Waals surface area contributed by atoms with Gasteiger partial charge in [0.25, 0.3) is 0 Å². The summed E-state index contributed by atoms with van der Waals surface area (Å²) in [4.78, 5) is 10.8. The third-order valence-corrected chi connectivity index (χ3v) is 3.62. The van der Waals surface area contributed by atoms with Crippen molar-refractivity contribution in [1.82, 2.24) is 0 Å². The molecule has 0 heterocycles. The maximum atomic E-state index is 10.8. The van der Waals surface area contributed by atoms with E-state index < -0.39 is 0 Å². The Hall–Kier alpha value is 0.660. The molecule has 0 aliphatic heterocycles. The van der Waals surface area contributed by atoms with Crippen molar-refractivity contribution in [2.45, 2.75) is 4.58 Å². The third kappa shape index (κ3) is 3.38. The van der Waals surface area contributed by atoms with Crippen LogP contribution in [0.25, 0.3) is 0 Å². The second kappa shape index (κ2) is 5.45. The van der Waals surface area contributed by atoms with Crippen molar-refractivity contribution in [3.8, 4) is 0 Å². The molecule has 0 radical (unpaired) electrons. The summed E-state index contributed by atoms with van der Waals surface area (Å²) in [6, 6.07) is 0. The summed E-state index contributed by atoms with van der Waals surface area (Å²) in [7, 11) is 0. The molecule has 9 heavy (non-hydrogen) atoms. The van der Waals surface area contributed by atoms with Crippen LogP contribution in [0.5, 0.6) is 0 Å². The van der Waals surface area contributed by atoms with E-state index in [0.717, 1.165) is 0 Å². The molecule has 0 bridgehead atoms. The van der Waals surface area contributed by atoms with Crippen LogP contribution in [0, 0.1) is 0 Å². The molecule has 0 aliphatic carbocycles. The number of carbonyl (C=O) groups excluding carboxylic acids is 1. The minimum Gasteiger partial charge on any atom is -0.296 e. The zero-order valence-corrected chi connectivity index (χ0v) is 7.78. The minimum absolute atomic E-state index is 0.0301. The van der Waals surface area contributed by atoms with Crippen LogP contribution in [0.3, 0.4) is 0 Å². The van der Waals surface area contributed by atoms with Gasteiger partial charge in [0.15, 0.2) is 5.78 Å². The smallest absolute Gasteiger partial charge is 0.170 e. The van der Waals surface area contributed by atoms with Gasteiger partial charge in [-0.2, -0.15) is 0 Å². The van der Waals surface area contributed by atoms with E-state index in [-0.39, 0.29) is 16.2 Å². The van der Waals surface area contributed by atoms with E-state index in [0.29, 0.717) is 0 Å². The summed E-state index contributed by atoms with van der Waals surface area (Å²) in [5.41, 5.74) is 0. The van der Waals surface area contributed by atoms with Gasteiger partial charge in [-0.15, -0.1) is 35.1 Å². The van der Waals surface area contributed by atoms with Crippen molar-refractivity contribution >= 4 is 40.9 Å². The van der Waals surface area contributed by atoms with E-state index in [1.54, 1.807) is 0 Å². The molecule has 0 atom stereocenters. The standard InChI is InChI=1S/C5H9ClOS2/c1-8-5(9-2)4(7)3-6/h5H,3H2,1-2H3. The Morgan fingerprint density at radius 2 is 2.00 bits per heavy atom. The van der Waals surface area contributed by atoms with Crippen LogP contribution in [0.4, 0.5) is 0 Å². The lowest BCUT2D eigenvalue weighted by atomic mass is 10.5. The molecular weight excluding hydrogens is 176 g/mol. The van der Waals surface area contributed by atoms with Gasteiger partial charge in [0.05, 0.1) is 5.88 Å². The number of rotatable bonds is 4. The number of ketones is 1. The Balaban J connectivity index is 3.64. The monoisotopic (exact) mass is 184 g/mol. The van der Waals surface area contributed by atoms with Crippen LogP contribution in [0.15, 0.2) is 0 Å². The minimum atomic E-state index is 0.0301. The van der Waals surface area contributed by atoms with Gasteiger partial charge in [-0.1, -0.05) is 0 Å². The first-order chi connectivity index (χ1) is 4.26. The van der Waals surface area contributed by atoms with E-state index in [1.165, 1.54) is 23.5 Å². The van der Waals surface area contributed by atoms with Gasteiger partial charge >= 0.3 is 0 Å². The van der Waals surface area contributed by atoms with Gasteiger partial charge in [-0.3, -0.25) is 4.79 Å². The summed E-state index contributed by atoms with van der Waals surface area (Å²) in [6.07, 6.45) is 3.82. The normalized spacial score (nSPS) is 10.2. The first-order valence-corrected chi connectivity index (χ1v) is 5.51. The molecule has 0 unspecified atom stereocenters. The lowest BCUT2D eigenvalue weighted by molar-refractivity contribution is -0.114. The quantitative estimate of drug-likeness (QED) is 0.491. The Morgan fingerprint density at radius 1 is 1.56 bits per heavy atom. The first kappa shape index (κ1) is 9.66. The molecule has 0 saturated heterocycles. The molecule has 0 aromatic rings. The highest BCUT2D eigenvalue weighted by atomic mass is 35.5. The number of halogens is 1. The highest BCUT2D eigenvalue weighted by Gasteiger charge is 2.12. The van der Waals surface area contributed by atoms with Crippen LogP contribution in [-0.4, -0.2) is 28.8 Å². The number of thioether (sulfide) groups is 2. The van der Waals surface area contributed by atoms with Gasteiger partial charge in [-0.25, -0.2) is 0 Å². The molecule has 0 amide bonds. The van der Waals surface area contributed by atoms with Crippen molar-refractivity contribution < 1.29 is 4.79 Å². The fraction of sp³-hybridized carbons (Fsp3) is 0.800. The van der Waals surface area contributed by atoms with Crippen molar-refractivity contribution in [2.75, 3.05) is 18.4 Å². The fourth-order valence-corrected chi connectivity index (χ4v) is 2.22. The van der Waals surface area contributed by atoms with Crippen LogP contribution in [0.2, 0.25) is 0 Å². The zero-order valence-electron chi connectivity index (χ0n) is 5.39. The second-order valence-electron chi connectivity index (χ2n) is 1.40. The Bertz CT molecular complexity index is 93.0. The highest BCUT2D eigenvalue weighted by Crippen LogP contribution is 2.19. The molecule has 0 aliphatic rings. The molecule has 0 rings (SSSR count). The van der Waals surface area contributed by atoms with Crippen LogP contribution < -0.4 is 0 Å². The first-order valence-electron chi connectivity index (χ1n) is 2.40. The van der Waals surface area contributed by atoms with E-state index in [4.69, 9.17) is 11.6 Å². The maximum absolute atomic E-state index is 10.8. The predicted octanol–water partition coefficient (Wildman–Crippen LogP) is 1.85. The van der Waals surface area contributed by atoms with Gasteiger partial charge in [0.2, 0.25) is 0 Å². The van der Waals surface area contributed by atoms with Crippen molar-refractivity contribution in [3.05, 3.63) is 0 Å². The fourth-order valence-electron chi connectivity index (χ4n) is 0.422. The summed E-state index contributed by atoms with van der Waals surface area (Å²) in [6.45, 7) is 0. The molecule has 1 nitrogen and oxygen atoms in total. The topological polar surface area (TPSA) is 17.1 Å². The Morgan fingerprint density at radius 3 is 2.11 bits per heavy atom. The number of carbonyl (C=O) groups is 1. The Kier molecular flexibility index (Phi) is 5.84. The summed E-state index contributed by atoms with van der Waals surface area (Å²) >= 11 is 8.39.